The van der Waals surface area contributed by atoms with E-state index in [-0.39, 0.29) is 53.6 Å². The number of benzene rings is 2. The molecule has 1 aliphatic rings. The summed E-state index contributed by atoms with van der Waals surface area (Å²) < 4.78 is 173. The Labute approximate surface area is 431 Å². The fourth-order valence-corrected chi connectivity index (χ4v) is 8.88. The Morgan fingerprint density at radius 3 is 1.91 bits per heavy atom. The SMILES string of the molecule is Cc1cc[n+]2c(c1)-c1cc(CCC(=O)NCCOCCOCCOCCOCCCCCCCl)cc[n+]1C2c1cc(F)cc(F)c1-c1ccc(C(F)(F)F)c[n+]1Cc1cc(F)cc(F)c1-c1ccc(C(F)(F)F)cn1. The number of aromatic nitrogens is 4. The summed E-state index contributed by atoms with van der Waals surface area (Å²) in [5, 5.41) is 2.83. The minimum atomic E-state index is -4.97. The van der Waals surface area contributed by atoms with Crippen LogP contribution in [0.4, 0.5) is 43.9 Å². The second-order valence-electron chi connectivity index (χ2n) is 17.7. The predicted octanol–water partition coefficient (Wildman–Crippen LogP) is 10.2. The number of hydrogen-bond donors (Lipinski definition) is 1. The highest BCUT2D eigenvalue weighted by Crippen LogP contribution is 2.37. The summed E-state index contributed by atoms with van der Waals surface area (Å²) in [6.07, 6.45) is -1.79. The van der Waals surface area contributed by atoms with Gasteiger partial charge in [-0.15, -0.1) is 20.7 Å². The quantitative estimate of drug-likeness (QED) is 0.0252. The molecule has 75 heavy (non-hydrogen) atoms. The van der Waals surface area contributed by atoms with Crippen molar-refractivity contribution in [2.24, 2.45) is 0 Å². The van der Waals surface area contributed by atoms with Gasteiger partial charge in [-0.3, -0.25) is 9.78 Å². The Morgan fingerprint density at radius 2 is 1.25 bits per heavy atom. The molecule has 0 fully saturated rings. The molecule has 10 nitrogen and oxygen atoms in total. The summed E-state index contributed by atoms with van der Waals surface area (Å²) in [6.45, 7) is 4.80. The van der Waals surface area contributed by atoms with Crippen LogP contribution in [0.3, 0.4) is 0 Å². The van der Waals surface area contributed by atoms with E-state index in [0.717, 1.165) is 65.6 Å². The van der Waals surface area contributed by atoms with Crippen LogP contribution >= 0.6 is 11.6 Å². The number of carbonyl (C=O) groups is 1. The lowest BCUT2D eigenvalue weighted by atomic mass is 9.97. The predicted molar refractivity (Wildman–Crippen MR) is 255 cm³/mol. The van der Waals surface area contributed by atoms with Crippen LogP contribution in [0.25, 0.3) is 33.9 Å². The number of fused-ring (bicyclic) bond motifs is 3. The minimum Gasteiger partial charge on any atom is -0.379 e. The highest BCUT2D eigenvalue weighted by molar-refractivity contribution is 6.17. The summed E-state index contributed by atoms with van der Waals surface area (Å²) in [6, 6.07) is 13.1. The van der Waals surface area contributed by atoms with E-state index >= 15 is 13.2 Å². The smallest absolute Gasteiger partial charge is 0.379 e. The summed E-state index contributed by atoms with van der Waals surface area (Å²) in [4.78, 5) is 16.6. The van der Waals surface area contributed by atoms with Crippen LogP contribution in [-0.2, 0) is 49.1 Å². The normalized spacial score (nSPS) is 13.3. The highest BCUT2D eigenvalue weighted by atomic mass is 35.5. The van der Waals surface area contributed by atoms with Crippen LogP contribution in [0.15, 0.2) is 97.6 Å². The van der Waals surface area contributed by atoms with Gasteiger partial charge in [0.2, 0.25) is 11.6 Å². The number of alkyl halides is 7. The van der Waals surface area contributed by atoms with Crippen molar-refractivity contribution in [3.63, 3.8) is 0 Å². The monoisotopic (exact) mass is 1080 g/mol. The molecule has 0 aliphatic carbocycles. The zero-order chi connectivity index (χ0) is 53.7. The number of aryl methyl sites for hydroxylation is 2. The van der Waals surface area contributed by atoms with E-state index in [1.165, 1.54) is 0 Å². The molecule has 1 amide bonds. The van der Waals surface area contributed by atoms with Gasteiger partial charge in [-0.1, -0.05) is 12.8 Å². The zero-order valence-corrected chi connectivity index (χ0v) is 41.6. The van der Waals surface area contributed by atoms with Gasteiger partial charge in [-0.2, -0.15) is 30.9 Å². The lowest BCUT2D eigenvalue weighted by Gasteiger charge is -2.15. The summed E-state index contributed by atoms with van der Waals surface area (Å²) in [7, 11) is 0. The van der Waals surface area contributed by atoms with Crippen molar-refractivity contribution < 1.29 is 81.3 Å². The van der Waals surface area contributed by atoms with Crippen LogP contribution in [0.5, 0.6) is 0 Å². The summed E-state index contributed by atoms with van der Waals surface area (Å²) in [5.74, 6) is -4.19. The van der Waals surface area contributed by atoms with E-state index in [2.05, 4.69) is 10.3 Å². The van der Waals surface area contributed by atoms with Gasteiger partial charge in [-0.25, -0.2) is 17.6 Å². The highest BCUT2D eigenvalue weighted by Gasteiger charge is 2.48. The molecule has 4 aromatic heterocycles. The van der Waals surface area contributed by atoms with E-state index in [4.69, 9.17) is 30.5 Å². The van der Waals surface area contributed by atoms with E-state index in [1.54, 1.807) is 33.7 Å². The largest absolute Gasteiger partial charge is 0.422 e. The first kappa shape index (κ1) is 56.7. The topological polar surface area (TPSA) is 90.5 Å². The number of nitrogens with one attached hydrogen (secondary N) is 1. The molecule has 6 aromatic rings. The average molecular weight is 1080 g/mol. The Bertz CT molecular complexity index is 2910. The second kappa shape index (κ2) is 26.1. The van der Waals surface area contributed by atoms with Crippen molar-refractivity contribution >= 4 is 17.5 Å². The molecule has 1 aliphatic heterocycles. The van der Waals surface area contributed by atoms with E-state index in [1.807, 2.05) is 19.1 Å². The number of amides is 1. The number of unbranched alkanes of at least 4 members (excludes halogenated alkanes) is 3. The van der Waals surface area contributed by atoms with Crippen LogP contribution < -0.4 is 19.0 Å². The molecule has 0 spiro atoms. The molecular weight excluding hydrogens is 1020 g/mol. The lowest BCUT2D eigenvalue weighted by molar-refractivity contribution is -0.899. The number of pyridine rings is 4. The van der Waals surface area contributed by atoms with Gasteiger partial charge in [0.1, 0.15) is 34.4 Å². The molecule has 400 valence electrons. The van der Waals surface area contributed by atoms with Gasteiger partial charge in [0.15, 0.2) is 25.1 Å². The first-order valence-corrected chi connectivity index (χ1v) is 24.8. The number of rotatable bonds is 26. The Morgan fingerprint density at radius 1 is 0.653 bits per heavy atom. The number of hydrogen-bond acceptors (Lipinski definition) is 6. The fraction of sp³-hybridized carbons (Fsp3) is 0.389. The zero-order valence-electron chi connectivity index (χ0n) is 40.8. The van der Waals surface area contributed by atoms with Crippen molar-refractivity contribution in [1.29, 1.82) is 0 Å². The number of nitrogens with zero attached hydrogens (tertiary/aromatic N) is 4. The van der Waals surface area contributed by atoms with Crippen molar-refractivity contribution in [2.45, 2.75) is 70.5 Å². The summed E-state index contributed by atoms with van der Waals surface area (Å²) in [5.41, 5.74) is -1.59. The third-order valence-electron chi connectivity index (χ3n) is 12.3. The van der Waals surface area contributed by atoms with Crippen LogP contribution in [0.2, 0.25) is 0 Å². The number of halogens is 11. The van der Waals surface area contributed by atoms with Crippen molar-refractivity contribution in [3.8, 4) is 33.9 Å². The average Bonchev–Trinajstić information content (AvgIpc) is 3.67. The summed E-state index contributed by atoms with van der Waals surface area (Å²) >= 11 is 5.68. The molecule has 5 heterocycles. The van der Waals surface area contributed by atoms with Crippen LogP contribution in [0.1, 0.15) is 71.7 Å². The third-order valence-corrected chi connectivity index (χ3v) is 12.5. The number of carbonyl (C=O) groups excluding carboxylic acids is 1. The minimum absolute atomic E-state index is 0.0537. The van der Waals surface area contributed by atoms with Crippen molar-refractivity contribution in [1.82, 2.24) is 10.3 Å². The second-order valence-corrected chi connectivity index (χ2v) is 18.1. The third kappa shape index (κ3) is 15.1. The van der Waals surface area contributed by atoms with Crippen molar-refractivity contribution in [2.75, 3.05) is 65.3 Å². The maximum atomic E-state index is 16.7. The Hall–Kier alpha value is -6.06. The van der Waals surface area contributed by atoms with Gasteiger partial charge in [0.05, 0.1) is 63.1 Å². The Kier molecular flexibility index (Phi) is 19.7. The van der Waals surface area contributed by atoms with Gasteiger partial charge < -0.3 is 24.3 Å². The van der Waals surface area contributed by atoms with Gasteiger partial charge in [0.25, 0.3) is 11.4 Å². The van der Waals surface area contributed by atoms with Crippen LogP contribution in [0, 0.1) is 30.2 Å². The first-order chi connectivity index (χ1) is 35.9. The molecule has 0 radical (unpaired) electrons. The molecule has 21 heteroatoms. The Balaban J connectivity index is 1.05. The molecule has 2 aromatic carbocycles. The maximum Gasteiger partial charge on any atom is 0.422 e. The van der Waals surface area contributed by atoms with Crippen molar-refractivity contribution in [3.05, 3.63) is 154 Å². The number of ether oxygens (including phenoxy) is 4. The fourth-order valence-electron chi connectivity index (χ4n) is 8.69. The molecule has 1 atom stereocenters. The lowest BCUT2D eigenvalue weighted by Crippen LogP contribution is -2.53. The van der Waals surface area contributed by atoms with Gasteiger partial charge in [-0.05, 0) is 67.6 Å². The molecular formula is C54H55ClF10N5O5+3. The van der Waals surface area contributed by atoms with E-state index in [9.17, 15) is 35.5 Å². The van der Waals surface area contributed by atoms with E-state index < -0.39 is 65.0 Å². The first-order valence-electron chi connectivity index (χ1n) is 24.2. The van der Waals surface area contributed by atoms with E-state index in [0.29, 0.717) is 107 Å². The molecule has 1 unspecified atom stereocenters. The van der Waals surface area contributed by atoms with Gasteiger partial charge in [0, 0.05) is 85.2 Å². The van der Waals surface area contributed by atoms with Gasteiger partial charge >= 0.3 is 18.5 Å². The van der Waals surface area contributed by atoms with Crippen LogP contribution in [-0.4, -0.2) is 76.2 Å². The maximum absolute atomic E-state index is 16.7. The molecule has 0 bridgehead atoms. The molecule has 0 saturated heterocycles. The standard InChI is InChI=1S/C54H54ClF10N5O5/c1-35-12-16-69-47(26-35)48-27-36(6-11-49(71)66-15-19-73-21-23-75-25-24-74-22-20-72-18-5-3-2-4-14-55)13-17-70(48)52(69)42-29-41(57)31-44(59)51(42)46-10-8-39(54(63,64)65)34-68(46)33-37-28-40(56)30-43(58)50(37)45-9-7-38(32-67-45)53(60,61)62/h7-10,12-13,16-17,26-32,34,52H,2-6,11,14-15,18-25,33H2,1H3/q+2/p+1. The molecule has 7 rings (SSSR count). The molecule has 1 N–H and O–H groups in total. The molecule has 0 saturated carbocycles.